The van der Waals surface area contributed by atoms with Gasteiger partial charge >= 0.3 is 0 Å². The molecule has 2 aromatic carbocycles. The second kappa shape index (κ2) is 6.33. The van der Waals surface area contributed by atoms with Crippen LogP contribution < -0.4 is 11.1 Å². The van der Waals surface area contributed by atoms with Crippen LogP contribution in [0, 0.1) is 0 Å². The van der Waals surface area contributed by atoms with Gasteiger partial charge in [0.25, 0.3) is 5.91 Å². The van der Waals surface area contributed by atoms with Gasteiger partial charge in [0.2, 0.25) is 0 Å². The molecule has 4 heteroatoms. The highest BCUT2D eigenvalue weighted by Gasteiger charge is 2.22. The predicted molar refractivity (Wildman–Crippen MR) is 86.3 cm³/mol. The molecule has 0 aliphatic carbocycles. The van der Waals surface area contributed by atoms with E-state index >= 15 is 0 Å². The minimum Gasteiger partial charge on any atom is -0.345 e. The third-order valence-corrected chi connectivity index (χ3v) is 4.84. The molecule has 3 nitrogen and oxygen atoms in total. The number of nitrogens with one attached hydrogen (secondary N) is 1. The molecular formula is C17H18N2OS. The zero-order valence-electron chi connectivity index (χ0n) is 11.7. The van der Waals surface area contributed by atoms with E-state index in [1.807, 2.05) is 48.2 Å². The van der Waals surface area contributed by atoms with Crippen molar-refractivity contribution in [2.75, 3.05) is 5.75 Å². The minimum absolute atomic E-state index is 0.0229. The minimum atomic E-state index is -0.0229. The Hall–Kier alpha value is -1.78. The summed E-state index contributed by atoms with van der Waals surface area (Å²) < 4.78 is 0. The van der Waals surface area contributed by atoms with Gasteiger partial charge in [-0.15, -0.1) is 11.8 Å². The summed E-state index contributed by atoms with van der Waals surface area (Å²) in [7, 11) is 0. The smallest absolute Gasteiger partial charge is 0.251 e. The van der Waals surface area contributed by atoms with Gasteiger partial charge in [0.05, 0.1) is 6.04 Å². The maximum atomic E-state index is 12.4. The van der Waals surface area contributed by atoms with Crippen molar-refractivity contribution in [3.05, 3.63) is 65.2 Å². The van der Waals surface area contributed by atoms with E-state index in [0.717, 1.165) is 17.7 Å². The lowest BCUT2D eigenvalue weighted by molar-refractivity contribution is 0.0935. The van der Waals surface area contributed by atoms with Gasteiger partial charge in [-0.05, 0) is 35.7 Å². The molecule has 21 heavy (non-hydrogen) atoms. The van der Waals surface area contributed by atoms with E-state index in [2.05, 4.69) is 17.4 Å². The Bertz CT molecular complexity index is 639. The number of nitrogens with two attached hydrogens (primary N) is 1. The monoisotopic (exact) mass is 298 g/mol. The second-order valence-corrected chi connectivity index (χ2v) is 6.24. The Kier molecular flexibility index (Phi) is 4.27. The average Bonchev–Trinajstić information content (AvgIpc) is 2.55. The Morgan fingerprint density at radius 1 is 1.19 bits per heavy atom. The molecule has 108 valence electrons. The number of carbonyl (C=O) groups excluding carboxylic acids is 1. The van der Waals surface area contributed by atoms with Crippen molar-refractivity contribution >= 4 is 17.7 Å². The molecule has 3 rings (SSSR count). The summed E-state index contributed by atoms with van der Waals surface area (Å²) in [6.07, 6.45) is 0.967. The van der Waals surface area contributed by atoms with Gasteiger partial charge in [0.15, 0.2) is 0 Å². The largest absolute Gasteiger partial charge is 0.345 e. The molecule has 0 bridgehead atoms. The summed E-state index contributed by atoms with van der Waals surface area (Å²) in [5.74, 6) is 1.01. The lowest BCUT2D eigenvalue weighted by atomic mass is 10.0. The number of thioether (sulfide) groups is 1. The van der Waals surface area contributed by atoms with E-state index < -0.39 is 0 Å². The number of hydrogen-bond donors (Lipinski definition) is 2. The SMILES string of the molecule is NCc1ccc(C(=O)NC2CCSc3ccccc32)cc1. The Morgan fingerprint density at radius 2 is 1.95 bits per heavy atom. The van der Waals surface area contributed by atoms with Crippen LogP contribution in [0.2, 0.25) is 0 Å². The normalized spacial score (nSPS) is 17.1. The van der Waals surface area contributed by atoms with Gasteiger partial charge in [-0.3, -0.25) is 4.79 Å². The van der Waals surface area contributed by atoms with Gasteiger partial charge < -0.3 is 11.1 Å². The molecule has 2 aromatic rings. The Morgan fingerprint density at radius 3 is 2.71 bits per heavy atom. The topological polar surface area (TPSA) is 55.1 Å². The van der Waals surface area contributed by atoms with E-state index in [0.29, 0.717) is 12.1 Å². The van der Waals surface area contributed by atoms with Crippen molar-refractivity contribution < 1.29 is 4.79 Å². The van der Waals surface area contributed by atoms with Crippen molar-refractivity contribution in [2.45, 2.75) is 23.9 Å². The number of fused-ring (bicyclic) bond motifs is 1. The summed E-state index contributed by atoms with van der Waals surface area (Å²) in [6, 6.07) is 15.9. The fourth-order valence-electron chi connectivity index (χ4n) is 2.53. The molecule has 1 aliphatic heterocycles. The molecule has 3 N–H and O–H groups in total. The third kappa shape index (κ3) is 3.12. The van der Waals surface area contributed by atoms with Gasteiger partial charge in [-0.25, -0.2) is 0 Å². The van der Waals surface area contributed by atoms with Gasteiger partial charge in [-0.2, -0.15) is 0 Å². The fraction of sp³-hybridized carbons (Fsp3) is 0.235. The highest BCUT2D eigenvalue weighted by atomic mass is 32.2. The van der Waals surface area contributed by atoms with E-state index in [-0.39, 0.29) is 11.9 Å². The van der Waals surface area contributed by atoms with Crippen molar-refractivity contribution in [1.82, 2.24) is 5.32 Å². The first-order valence-corrected chi connectivity index (χ1v) is 8.08. The molecule has 1 atom stereocenters. The van der Waals surface area contributed by atoms with E-state index in [1.54, 1.807) is 0 Å². The van der Waals surface area contributed by atoms with Crippen LogP contribution >= 0.6 is 11.8 Å². The van der Waals surface area contributed by atoms with Crippen molar-refractivity contribution in [3.63, 3.8) is 0 Å². The van der Waals surface area contributed by atoms with Crippen molar-refractivity contribution in [1.29, 1.82) is 0 Å². The Labute approximate surface area is 128 Å². The predicted octanol–water partition coefficient (Wildman–Crippen LogP) is 3.11. The van der Waals surface area contributed by atoms with Gasteiger partial charge in [-0.1, -0.05) is 30.3 Å². The molecule has 1 heterocycles. The maximum Gasteiger partial charge on any atom is 0.251 e. The lowest BCUT2D eigenvalue weighted by Crippen LogP contribution is -2.30. The molecule has 1 amide bonds. The average molecular weight is 298 g/mol. The summed E-state index contributed by atoms with van der Waals surface area (Å²) in [4.78, 5) is 13.6. The molecule has 0 fully saturated rings. The first kappa shape index (κ1) is 14.2. The van der Waals surface area contributed by atoms with Crippen molar-refractivity contribution in [2.24, 2.45) is 5.73 Å². The highest BCUT2D eigenvalue weighted by molar-refractivity contribution is 7.99. The van der Waals surface area contributed by atoms with Crippen LogP contribution in [0.25, 0.3) is 0 Å². The summed E-state index contributed by atoms with van der Waals surface area (Å²) in [5.41, 5.74) is 8.52. The number of rotatable bonds is 3. The molecule has 0 radical (unpaired) electrons. The van der Waals surface area contributed by atoms with Crippen LogP contribution in [-0.2, 0) is 6.54 Å². The number of carbonyl (C=O) groups is 1. The summed E-state index contributed by atoms with van der Waals surface area (Å²) in [5, 5.41) is 3.15. The molecule has 0 spiro atoms. The Balaban J connectivity index is 1.76. The molecule has 1 aliphatic rings. The fourth-order valence-corrected chi connectivity index (χ4v) is 3.65. The number of hydrogen-bond acceptors (Lipinski definition) is 3. The van der Waals surface area contributed by atoms with Crippen LogP contribution in [0.15, 0.2) is 53.4 Å². The van der Waals surface area contributed by atoms with Gasteiger partial charge in [0.1, 0.15) is 0 Å². The van der Waals surface area contributed by atoms with Crippen LogP contribution in [0.4, 0.5) is 0 Å². The summed E-state index contributed by atoms with van der Waals surface area (Å²) in [6.45, 7) is 0.495. The second-order valence-electron chi connectivity index (χ2n) is 5.10. The first-order chi connectivity index (χ1) is 10.3. The molecule has 0 aromatic heterocycles. The lowest BCUT2D eigenvalue weighted by Gasteiger charge is -2.25. The molecule has 0 saturated heterocycles. The molecule has 1 unspecified atom stereocenters. The quantitative estimate of drug-likeness (QED) is 0.915. The van der Waals surface area contributed by atoms with Crippen LogP contribution in [0.5, 0.6) is 0 Å². The summed E-state index contributed by atoms with van der Waals surface area (Å²) >= 11 is 1.86. The number of benzene rings is 2. The van der Waals surface area contributed by atoms with Crippen LogP contribution in [0.1, 0.15) is 33.9 Å². The van der Waals surface area contributed by atoms with E-state index in [1.165, 1.54) is 10.5 Å². The third-order valence-electron chi connectivity index (χ3n) is 3.72. The highest BCUT2D eigenvalue weighted by Crippen LogP contribution is 2.35. The molecule has 0 saturated carbocycles. The van der Waals surface area contributed by atoms with E-state index in [4.69, 9.17) is 5.73 Å². The zero-order chi connectivity index (χ0) is 14.7. The van der Waals surface area contributed by atoms with Crippen LogP contribution in [0.3, 0.4) is 0 Å². The number of amides is 1. The van der Waals surface area contributed by atoms with E-state index in [9.17, 15) is 4.79 Å². The zero-order valence-corrected chi connectivity index (χ0v) is 12.5. The van der Waals surface area contributed by atoms with Crippen molar-refractivity contribution in [3.8, 4) is 0 Å². The molecular weight excluding hydrogens is 280 g/mol. The standard InChI is InChI=1S/C17H18N2OS/c18-11-12-5-7-13(8-6-12)17(20)19-15-9-10-21-16-4-2-1-3-14(15)16/h1-8,15H,9-11,18H2,(H,19,20). The van der Waals surface area contributed by atoms with Crippen LogP contribution in [-0.4, -0.2) is 11.7 Å². The van der Waals surface area contributed by atoms with Gasteiger partial charge in [0, 0.05) is 22.8 Å². The maximum absolute atomic E-state index is 12.4. The first-order valence-electron chi connectivity index (χ1n) is 7.09.